The van der Waals surface area contributed by atoms with Crippen LogP contribution in [-0.4, -0.2) is 37.4 Å². The molecule has 0 spiro atoms. The minimum absolute atomic E-state index is 0.273. The van der Waals surface area contributed by atoms with Crippen LogP contribution in [0.5, 0.6) is 0 Å². The summed E-state index contributed by atoms with van der Waals surface area (Å²) in [5, 5.41) is 11.5. The molecule has 15 heavy (non-hydrogen) atoms. The Labute approximate surface area is 92.0 Å². The number of rotatable bonds is 7. The molecule has 4 heteroatoms. The summed E-state index contributed by atoms with van der Waals surface area (Å²) in [4.78, 5) is 10.6. The Morgan fingerprint density at radius 3 is 2.40 bits per heavy atom. The van der Waals surface area contributed by atoms with Crippen molar-refractivity contribution in [1.29, 1.82) is 0 Å². The van der Waals surface area contributed by atoms with Crippen LogP contribution < -0.4 is 5.32 Å². The first-order valence-electron chi connectivity index (χ1n) is 5.34. The second-order valence-corrected chi connectivity index (χ2v) is 4.89. The number of carboxylic acids is 1. The van der Waals surface area contributed by atoms with Crippen molar-refractivity contribution in [3.63, 3.8) is 0 Å². The van der Waals surface area contributed by atoms with Gasteiger partial charge in [0, 0.05) is 13.2 Å². The Hall–Kier alpha value is -0.610. The lowest BCUT2D eigenvalue weighted by Crippen LogP contribution is -2.34. The molecule has 0 bridgehead atoms. The van der Waals surface area contributed by atoms with Crippen LogP contribution in [0.25, 0.3) is 0 Å². The molecule has 90 valence electrons. The fourth-order valence-corrected chi connectivity index (χ4v) is 1.07. The van der Waals surface area contributed by atoms with E-state index in [0.717, 1.165) is 6.42 Å². The summed E-state index contributed by atoms with van der Waals surface area (Å²) >= 11 is 0. The van der Waals surface area contributed by atoms with Crippen LogP contribution in [-0.2, 0) is 9.53 Å². The van der Waals surface area contributed by atoms with Crippen LogP contribution in [0.2, 0.25) is 0 Å². The number of nitrogens with one attached hydrogen (secondary N) is 1. The van der Waals surface area contributed by atoms with Gasteiger partial charge < -0.3 is 15.2 Å². The maximum Gasteiger partial charge on any atom is 0.320 e. The highest BCUT2D eigenvalue weighted by Crippen LogP contribution is 2.17. The lowest BCUT2D eigenvalue weighted by Gasteiger charge is -2.18. The SMILES string of the molecule is CNC(CCOCCC(C)(C)C)C(=O)O. The molecule has 2 N–H and O–H groups in total. The summed E-state index contributed by atoms with van der Waals surface area (Å²) in [6, 6.07) is -0.500. The van der Waals surface area contributed by atoms with E-state index in [-0.39, 0.29) is 5.41 Å². The van der Waals surface area contributed by atoms with Crippen LogP contribution >= 0.6 is 0 Å². The predicted octanol–water partition coefficient (Wildman–Crippen LogP) is 1.50. The minimum atomic E-state index is -0.822. The lowest BCUT2D eigenvalue weighted by atomic mass is 9.93. The van der Waals surface area contributed by atoms with Gasteiger partial charge in [-0.15, -0.1) is 0 Å². The van der Waals surface area contributed by atoms with E-state index in [2.05, 4.69) is 26.1 Å². The second kappa shape index (κ2) is 6.80. The number of ether oxygens (including phenoxy) is 1. The van der Waals surface area contributed by atoms with Crippen molar-refractivity contribution in [3.8, 4) is 0 Å². The van der Waals surface area contributed by atoms with E-state index < -0.39 is 12.0 Å². The molecule has 0 aromatic carbocycles. The third-order valence-electron chi connectivity index (χ3n) is 2.19. The summed E-state index contributed by atoms with van der Waals surface area (Å²) in [7, 11) is 1.65. The monoisotopic (exact) mass is 217 g/mol. The Kier molecular flexibility index (Phi) is 6.52. The molecule has 0 radical (unpaired) electrons. The van der Waals surface area contributed by atoms with E-state index in [4.69, 9.17) is 9.84 Å². The van der Waals surface area contributed by atoms with Gasteiger partial charge in [0.2, 0.25) is 0 Å². The van der Waals surface area contributed by atoms with E-state index in [9.17, 15) is 4.79 Å². The first-order chi connectivity index (χ1) is 6.87. The molecule has 0 saturated heterocycles. The van der Waals surface area contributed by atoms with Gasteiger partial charge in [0.25, 0.3) is 0 Å². The summed E-state index contributed by atoms with van der Waals surface area (Å²) in [5.41, 5.74) is 0.273. The van der Waals surface area contributed by atoms with Gasteiger partial charge in [-0.1, -0.05) is 20.8 Å². The van der Waals surface area contributed by atoms with Crippen molar-refractivity contribution in [2.75, 3.05) is 20.3 Å². The Balaban J connectivity index is 3.49. The quantitative estimate of drug-likeness (QED) is 0.634. The summed E-state index contributed by atoms with van der Waals surface area (Å²) in [6.07, 6.45) is 1.50. The van der Waals surface area contributed by atoms with Crippen LogP contribution in [0.4, 0.5) is 0 Å². The summed E-state index contributed by atoms with van der Waals surface area (Å²) in [5.74, 6) is -0.822. The number of hydrogen-bond donors (Lipinski definition) is 2. The number of carbonyl (C=O) groups is 1. The van der Waals surface area contributed by atoms with Crippen molar-refractivity contribution in [2.24, 2.45) is 5.41 Å². The van der Waals surface area contributed by atoms with E-state index in [1.54, 1.807) is 7.05 Å². The molecular weight excluding hydrogens is 194 g/mol. The van der Waals surface area contributed by atoms with Crippen LogP contribution in [0.15, 0.2) is 0 Å². The number of carboxylic acid groups (broad SMARTS) is 1. The summed E-state index contributed by atoms with van der Waals surface area (Å²) < 4.78 is 5.39. The van der Waals surface area contributed by atoms with Crippen molar-refractivity contribution in [3.05, 3.63) is 0 Å². The molecule has 0 aliphatic rings. The number of hydrogen-bond acceptors (Lipinski definition) is 3. The topological polar surface area (TPSA) is 58.6 Å². The zero-order valence-corrected chi connectivity index (χ0v) is 10.2. The van der Waals surface area contributed by atoms with E-state index >= 15 is 0 Å². The molecule has 0 amide bonds. The third-order valence-corrected chi connectivity index (χ3v) is 2.19. The molecule has 4 nitrogen and oxygen atoms in total. The molecule has 0 aromatic heterocycles. The summed E-state index contributed by atoms with van der Waals surface area (Å²) in [6.45, 7) is 7.66. The average Bonchev–Trinajstić information content (AvgIpc) is 2.08. The van der Waals surface area contributed by atoms with Gasteiger partial charge in [-0.3, -0.25) is 4.79 Å². The number of aliphatic carboxylic acids is 1. The van der Waals surface area contributed by atoms with Gasteiger partial charge >= 0.3 is 5.97 Å². The van der Waals surface area contributed by atoms with Crippen molar-refractivity contribution < 1.29 is 14.6 Å². The lowest BCUT2D eigenvalue weighted by molar-refractivity contribution is -0.139. The van der Waals surface area contributed by atoms with Gasteiger partial charge in [0.15, 0.2) is 0 Å². The Morgan fingerprint density at radius 2 is 2.00 bits per heavy atom. The fourth-order valence-electron chi connectivity index (χ4n) is 1.07. The van der Waals surface area contributed by atoms with Crippen LogP contribution in [0, 0.1) is 5.41 Å². The van der Waals surface area contributed by atoms with Gasteiger partial charge in [-0.25, -0.2) is 0 Å². The van der Waals surface area contributed by atoms with E-state index in [0.29, 0.717) is 19.6 Å². The molecule has 0 heterocycles. The Bertz CT molecular complexity index is 187. The third kappa shape index (κ3) is 8.39. The van der Waals surface area contributed by atoms with Gasteiger partial charge in [-0.05, 0) is 25.3 Å². The molecule has 0 aliphatic carbocycles. The highest BCUT2D eigenvalue weighted by atomic mass is 16.5. The maximum atomic E-state index is 10.6. The maximum absolute atomic E-state index is 10.6. The van der Waals surface area contributed by atoms with Crippen molar-refractivity contribution >= 4 is 5.97 Å². The Morgan fingerprint density at radius 1 is 1.40 bits per heavy atom. The molecular formula is C11H23NO3. The molecule has 0 aromatic rings. The first-order valence-corrected chi connectivity index (χ1v) is 5.34. The molecule has 0 fully saturated rings. The largest absolute Gasteiger partial charge is 0.480 e. The normalized spacial score (nSPS) is 13.9. The first kappa shape index (κ1) is 14.4. The number of likely N-dealkylation sites (N-methyl/N-ethyl adjacent to an activating group) is 1. The van der Waals surface area contributed by atoms with Crippen molar-refractivity contribution in [2.45, 2.75) is 39.7 Å². The molecule has 0 rings (SSSR count). The molecule has 0 saturated carbocycles. The molecule has 1 atom stereocenters. The fraction of sp³-hybridized carbons (Fsp3) is 0.909. The minimum Gasteiger partial charge on any atom is -0.480 e. The second-order valence-electron chi connectivity index (χ2n) is 4.89. The van der Waals surface area contributed by atoms with Crippen LogP contribution in [0.3, 0.4) is 0 Å². The van der Waals surface area contributed by atoms with Gasteiger partial charge in [-0.2, -0.15) is 0 Å². The van der Waals surface area contributed by atoms with E-state index in [1.807, 2.05) is 0 Å². The van der Waals surface area contributed by atoms with Gasteiger partial charge in [0.05, 0.1) is 0 Å². The highest BCUT2D eigenvalue weighted by molar-refractivity contribution is 5.73. The van der Waals surface area contributed by atoms with E-state index in [1.165, 1.54) is 0 Å². The standard InChI is InChI=1S/C11H23NO3/c1-11(2,3)6-8-15-7-5-9(12-4)10(13)14/h9,12H,5-8H2,1-4H3,(H,13,14). The molecule has 1 unspecified atom stereocenters. The predicted molar refractivity (Wildman–Crippen MR) is 60.0 cm³/mol. The molecule has 0 aliphatic heterocycles. The highest BCUT2D eigenvalue weighted by Gasteiger charge is 2.14. The van der Waals surface area contributed by atoms with Crippen LogP contribution in [0.1, 0.15) is 33.6 Å². The zero-order chi connectivity index (χ0) is 11.9. The van der Waals surface area contributed by atoms with Gasteiger partial charge in [0.1, 0.15) is 6.04 Å². The average molecular weight is 217 g/mol. The smallest absolute Gasteiger partial charge is 0.320 e. The zero-order valence-electron chi connectivity index (χ0n) is 10.2. The van der Waals surface area contributed by atoms with Crippen molar-refractivity contribution in [1.82, 2.24) is 5.32 Å².